The molecule has 0 aliphatic carbocycles. The molecular formula is C18H28N2. The van der Waals surface area contributed by atoms with E-state index in [1.807, 2.05) is 6.07 Å². The molecule has 1 heterocycles. The van der Waals surface area contributed by atoms with Gasteiger partial charge in [0.2, 0.25) is 0 Å². The van der Waals surface area contributed by atoms with E-state index in [9.17, 15) is 0 Å². The lowest BCUT2D eigenvalue weighted by molar-refractivity contribution is 0.269. The van der Waals surface area contributed by atoms with Gasteiger partial charge in [-0.15, -0.1) is 0 Å². The number of rotatable bonds is 4. The molecule has 0 saturated carbocycles. The average molecular weight is 272 g/mol. The van der Waals surface area contributed by atoms with Crippen LogP contribution in [0.2, 0.25) is 0 Å². The van der Waals surface area contributed by atoms with E-state index in [2.05, 4.69) is 56.0 Å². The van der Waals surface area contributed by atoms with Crippen LogP contribution in [0.15, 0.2) is 42.0 Å². The Labute approximate surface area is 123 Å². The summed E-state index contributed by atoms with van der Waals surface area (Å²) < 4.78 is 0. The molecule has 0 aromatic heterocycles. The summed E-state index contributed by atoms with van der Waals surface area (Å²) in [4.78, 5) is 2.51. The SMILES string of the molecule is CC(C)(C)C1=CCN(CCC(N)c2ccccc2)CC1. The van der Waals surface area contributed by atoms with Gasteiger partial charge in [-0.1, -0.05) is 62.8 Å². The summed E-state index contributed by atoms with van der Waals surface area (Å²) in [5.41, 5.74) is 9.44. The fourth-order valence-corrected chi connectivity index (χ4v) is 2.78. The second-order valence-corrected chi connectivity index (χ2v) is 6.84. The van der Waals surface area contributed by atoms with Crippen LogP contribution in [0.4, 0.5) is 0 Å². The maximum Gasteiger partial charge on any atom is 0.0307 e. The van der Waals surface area contributed by atoms with E-state index in [1.54, 1.807) is 5.57 Å². The third kappa shape index (κ3) is 4.19. The highest BCUT2D eigenvalue weighted by atomic mass is 15.1. The molecule has 1 aliphatic heterocycles. The number of benzene rings is 1. The second-order valence-electron chi connectivity index (χ2n) is 6.84. The molecule has 1 aliphatic rings. The molecule has 1 aromatic carbocycles. The largest absolute Gasteiger partial charge is 0.324 e. The minimum atomic E-state index is 0.157. The average Bonchev–Trinajstić information content (AvgIpc) is 2.45. The zero-order chi connectivity index (χ0) is 14.6. The molecule has 0 spiro atoms. The van der Waals surface area contributed by atoms with Crippen molar-refractivity contribution in [3.05, 3.63) is 47.5 Å². The van der Waals surface area contributed by atoms with Gasteiger partial charge >= 0.3 is 0 Å². The molecule has 1 atom stereocenters. The molecule has 0 saturated heterocycles. The number of hydrogen-bond acceptors (Lipinski definition) is 2. The van der Waals surface area contributed by atoms with Crippen LogP contribution < -0.4 is 5.73 Å². The molecule has 20 heavy (non-hydrogen) atoms. The first-order chi connectivity index (χ1) is 9.47. The van der Waals surface area contributed by atoms with Crippen molar-refractivity contribution in [2.24, 2.45) is 11.1 Å². The minimum Gasteiger partial charge on any atom is -0.324 e. The van der Waals surface area contributed by atoms with Crippen molar-refractivity contribution >= 4 is 0 Å². The number of nitrogens with two attached hydrogens (primary N) is 1. The number of hydrogen-bond donors (Lipinski definition) is 1. The predicted molar refractivity (Wildman–Crippen MR) is 86.6 cm³/mol. The van der Waals surface area contributed by atoms with Crippen LogP contribution in [0.1, 0.15) is 45.2 Å². The first-order valence-corrected chi connectivity index (χ1v) is 7.69. The molecule has 0 amide bonds. The third-order valence-corrected chi connectivity index (χ3v) is 4.24. The van der Waals surface area contributed by atoms with Gasteiger partial charge in [0.1, 0.15) is 0 Å². The van der Waals surface area contributed by atoms with Crippen molar-refractivity contribution in [1.29, 1.82) is 0 Å². The quantitative estimate of drug-likeness (QED) is 0.846. The topological polar surface area (TPSA) is 29.3 Å². The van der Waals surface area contributed by atoms with Crippen molar-refractivity contribution in [3.63, 3.8) is 0 Å². The first-order valence-electron chi connectivity index (χ1n) is 7.69. The zero-order valence-corrected chi connectivity index (χ0v) is 13.1. The normalized spacial score (nSPS) is 18.7. The second kappa shape index (κ2) is 6.55. The summed E-state index contributed by atoms with van der Waals surface area (Å²) in [6.07, 6.45) is 4.64. The highest BCUT2D eigenvalue weighted by Gasteiger charge is 2.21. The van der Waals surface area contributed by atoms with Crippen LogP contribution in [0.3, 0.4) is 0 Å². The number of nitrogens with zero attached hydrogens (tertiary/aromatic N) is 1. The lowest BCUT2D eigenvalue weighted by Crippen LogP contribution is -2.33. The van der Waals surface area contributed by atoms with Crippen LogP contribution in [0.25, 0.3) is 0 Å². The van der Waals surface area contributed by atoms with Gasteiger partial charge in [-0.25, -0.2) is 0 Å². The lowest BCUT2D eigenvalue weighted by Gasteiger charge is -2.32. The smallest absolute Gasteiger partial charge is 0.0307 e. The van der Waals surface area contributed by atoms with Crippen LogP contribution >= 0.6 is 0 Å². The Morgan fingerprint density at radius 3 is 2.45 bits per heavy atom. The molecule has 2 heteroatoms. The lowest BCUT2D eigenvalue weighted by atomic mass is 9.83. The molecule has 1 aromatic rings. The van der Waals surface area contributed by atoms with E-state index in [-0.39, 0.29) is 6.04 Å². The van der Waals surface area contributed by atoms with E-state index < -0.39 is 0 Å². The third-order valence-electron chi connectivity index (χ3n) is 4.24. The van der Waals surface area contributed by atoms with Crippen molar-refractivity contribution in [3.8, 4) is 0 Å². The highest BCUT2D eigenvalue weighted by molar-refractivity contribution is 5.18. The maximum atomic E-state index is 6.27. The Hall–Kier alpha value is -1.12. The molecule has 1 unspecified atom stereocenters. The summed E-state index contributed by atoms with van der Waals surface area (Å²) >= 11 is 0. The van der Waals surface area contributed by atoms with E-state index in [4.69, 9.17) is 5.73 Å². The molecule has 0 fully saturated rings. The van der Waals surface area contributed by atoms with Gasteiger partial charge in [-0.05, 0) is 23.8 Å². The van der Waals surface area contributed by atoms with Gasteiger partial charge in [0.25, 0.3) is 0 Å². The van der Waals surface area contributed by atoms with Gasteiger partial charge in [0.05, 0.1) is 0 Å². The van der Waals surface area contributed by atoms with Gasteiger partial charge in [0.15, 0.2) is 0 Å². The fourth-order valence-electron chi connectivity index (χ4n) is 2.78. The summed E-state index contributed by atoms with van der Waals surface area (Å²) in [6, 6.07) is 10.6. The van der Waals surface area contributed by atoms with Crippen LogP contribution in [-0.2, 0) is 0 Å². The Morgan fingerprint density at radius 1 is 1.20 bits per heavy atom. The van der Waals surface area contributed by atoms with E-state index >= 15 is 0 Å². The molecule has 2 N–H and O–H groups in total. The Kier molecular flexibility index (Phi) is 5.00. The summed E-state index contributed by atoms with van der Waals surface area (Å²) in [5.74, 6) is 0. The predicted octanol–water partition coefficient (Wildman–Crippen LogP) is 3.75. The Bertz CT molecular complexity index is 442. The minimum absolute atomic E-state index is 0.157. The summed E-state index contributed by atoms with van der Waals surface area (Å²) in [5, 5.41) is 0. The van der Waals surface area contributed by atoms with Crippen molar-refractivity contribution in [2.75, 3.05) is 19.6 Å². The van der Waals surface area contributed by atoms with Gasteiger partial charge in [0, 0.05) is 25.7 Å². The molecule has 0 radical (unpaired) electrons. The Morgan fingerprint density at radius 2 is 1.90 bits per heavy atom. The molecular weight excluding hydrogens is 244 g/mol. The maximum absolute atomic E-state index is 6.27. The van der Waals surface area contributed by atoms with Gasteiger partial charge in [-0.3, -0.25) is 4.90 Å². The summed E-state index contributed by atoms with van der Waals surface area (Å²) in [6.45, 7) is 10.3. The van der Waals surface area contributed by atoms with Crippen molar-refractivity contribution in [2.45, 2.75) is 39.7 Å². The summed E-state index contributed by atoms with van der Waals surface area (Å²) in [7, 11) is 0. The first kappa shape index (κ1) is 15.3. The van der Waals surface area contributed by atoms with Crippen LogP contribution in [0, 0.1) is 5.41 Å². The van der Waals surface area contributed by atoms with Gasteiger partial charge in [-0.2, -0.15) is 0 Å². The Balaban J connectivity index is 1.81. The zero-order valence-electron chi connectivity index (χ0n) is 13.1. The van der Waals surface area contributed by atoms with E-state index in [0.29, 0.717) is 5.41 Å². The van der Waals surface area contributed by atoms with E-state index in [1.165, 1.54) is 18.5 Å². The van der Waals surface area contributed by atoms with E-state index in [0.717, 1.165) is 19.5 Å². The molecule has 0 bridgehead atoms. The standard InChI is InChI=1S/C18H28N2/c1-18(2,3)16-9-12-20(13-10-16)14-11-17(19)15-7-5-4-6-8-15/h4-9,17H,10-14,19H2,1-3H3. The van der Waals surface area contributed by atoms with Crippen LogP contribution in [0.5, 0.6) is 0 Å². The fraction of sp³-hybridized carbons (Fsp3) is 0.556. The van der Waals surface area contributed by atoms with Crippen molar-refractivity contribution < 1.29 is 0 Å². The highest BCUT2D eigenvalue weighted by Crippen LogP contribution is 2.30. The monoisotopic (exact) mass is 272 g/mol. The van der Waals surface area contributed by atoms with Gasteiger partial charge < -0.3 is 5.73 Å². The van der Waals surface area contributed by atoms with Crippen molar-refractivity contribution in [1.82, 2.24) is 4.90 Å². The van der Waals surface area contributed by atoms with Crippen LogP contribution in [-0.4, -0.2) is 24.5 Å². The molecule has 2 rings (SSSR count). The molecule has 2 nitrogen and oxygen atoms in total. The molecule has 110 valence electrons.